The van der Waals surface area contributed by atoms with Gasteiger partial charge in [0.15, 0.2) is 0 Å². The summed E-state index contributed by atoms with van der Waals surface area (Å²) in [5, 5.41) is 5.19. The van der Waals surface area contributed by atoms with Gasteiger partial charge in [-0.2, -0.15) is 0 Å². The Morgan fingerprint density at radius 1 is 1.43 bits per heavy atom. The molecule has 6 heteroatoms. The predicted octanol–water partition coefficient (Wildman–Crippen LogP) is 4.20. The van der Waals surface area contributed by atoms with Crippen molar-refractivity contribution in [1.82, 2.24) is 4.37 Å². The molecule has 2 aromatic rings. The first-order chi connectivity index (χ1) is 11.3. The molecule has 0 fully saturated rings. The highest BCUT2D eigenvalue weighted by molar-refractivity contribution is 7.03. The van der Waals surface area contributed by atoms with Crippen molar-refractivity contribution in [2.45, 2.75) is 19.6 Å². The minimum Gasteiger partial charge on any atom is -0.462 e. The smallest absolute Gasteiger partial charge is 0.203 e. The van der Waals surface area contributed by atoms with Crippen molar-refractivity contribution in [3.05, 3.63) is 42.1 Å². The average molecular weight is 331 g/mol. The number of nitrogens with zero attached hydrogens (tertiary/aromatic N) is 2. The van der Waals surface area contributed by atoms with Crippen LogP contribution in [0.4, 0.5) is 5.69 Å². The fourth-order valence-corrected chi connectivity index (χ4v) is 2.63. The molecule has 2 rings (SSSR count). The number of rotatable bonds is 9. The van der Waals surface area contributed by atoms with Crippen molar-refractivity contribution in [3.8, 4) is 16.9 Å². The Balaban J connectivity index is 2.16. The molecule has 23 heavy (non-hydrogen) atoms. The molecule has 0 saturated heterocycles. The van der Waals surface area contributed by atoms with E-state index in [-0.39, 0.29) is 6.29 Å². The van der Waals surface area contributed by atoms with Crippen molar-refractivity contribution in [2.75, 3.05) is 19.0 Å². The summed E-state index contributed by atoms with van der Waals surface area (Å²) in [6.07, 6.45) is 5.61. The van der Waals surface area contributed by atoms with Gasteiger partial charge in [0.25, 0.3) is 0 Å². The zero-order valence-electron chi connectivity index (χ0n) is 13.4. The average Bonchev–Trinajstić information content (AvgIpc) is 3.10. The van der Waals surface area contributed by atoms with Crippen molar-refractivity contribution in [1.29, 1.82) is 0 Å². The molecule has 1 aromatic heterocycles. The third-order valence-electron chi connectivity index (χ3n) is 3.16. The maximum Gasteiger partial charge on any atom is 0.203 e. The lowest BCUT2D eigenvalue weighted by molar-refractivity contribution is -0.0719. The van der Waals surface area contributed by atoms with E-state index in [2.05, 4.69) is 21.4 Å². The second kappa shape index (κ2) is 9.07. The molecule has 1 atom stereocenters. The molecule has 0 aliphatic heterocycles. The maximum atomic E-state index is 5.98. The molecular formula is C17H21N3O2S. The van der Waals surface area contributed by atoms with Gasteiger partial charge >= 0.3 is 0 Å². The van der Waals surface area contributed by atoms with Crippen LogP contribution in [-0.4, -0.2) is 31.0 Å². The molecule has 5 nitrogen and oxygen atoms in total. The highest BCUT2D eigenvalue weighted by Crippen LogP contribution is 2.32. The van der Waals surface area contributed by atoms with Gasteiger partial charge in [0.1, 0.15) is 5.75 Å². The van der Waals surface area contributed by atoms with Crippen LogP contribution in [0, 0.1) is 0 Å². The Morgan fingerprint density at radius 3 is 2.96 bits per heavy atom. The van der Waals surface area contributed by atoms with E-state index in [1.165, 1.54) is 11.5 Å². The van der Waals surface area contributed by atoms with Crippen LogP contribution < -0.4 is 10.1 Å². The van der Waals surface area contributed by atoms with Gasteiger partial charge in [-0.25, -0.2) is 4.37 Å². The molecule has 1 aromatic carbocycles. The number of aromatic nitrogens is 1. The van der Waals surface area contributed by atoms with E-state index in [0.717, 1.165) is 22.6 Å². The number of hydrogen-bond donors (Lipinski definition) is 1. The normalized spacial score (nSPS) is 12.3. The monoisotopic (exact) mass is 331 g/mol. The SMILES string of the molecule is C=N/C=C\CC(OCC)Oc1ccc(-c2cnsc2)cc1NC. The summed E-state index contributed by atoms with van der Waals surface area (Å²) in [5.41, 5.74) is 3.10. The second-order valence-corrected chi connectivity index (χ2v) is 5.34. The Morgan fingerprint density at radius 2 is 2.30 bits per heavy atom. The number of aliphatic imine (C=N–C) groups is 1. The molecular weight excluding hydrogens is 310 g/mol. The molecule has 0 aliphatic rings. The Hall–Kier alpha value is -2.18. The highest BCUT2D eigenvalue weighted by Gasteiger charge is 2.12. The topological polar surface area (TPSA) is 55.7 Å². The van der Waals surface area contributed by atoms with E-state index in [4.69, 9.17) is 9.47 Å². The van der Waals surface area contributed by atoms with Crippen molar-refractivity contribution in [2.24, 2.45) is 4.99 Å². The Kier molecular flexibility index (Phi) is 6.77. The van der Waals surface area contributed by atoms with E-state index in [0.29, 0.717) is 13.0 Å². The number of ether oxygens (including phenoxy) is 2. The molecule has 122 valence electrons. The third-order valence-corrected chi connectivity index (χ3v) is 3.75. The fourth-order valence-electron chi connectivity index (χ4n) is 2.08. The summed E-state index contributed by atoms with van der Waals surface area (Å²) >= 11 is 1.44. The molecule has 1 heterocycles. The van der Waals surface area contributed by atoms with Crippen molar-refractivity contribution in [3.63, 3.8) is 0 Å². The Labute approximate surface area is 140 Å². The van der Waals surface area contributed by atoms with E-state index < -0.39 is 0 Å². The molecule has 1 unspecified atom stereocenters. The second-order valence-electron chi connectivity index (χ2n) is 4.68. The predicted molar refractivity (Wildman–Crippen MR) is 96.4 cm³/mol. The van der Waals surface area contributed by atoms with Gasteiger partial charge < -0.3 is 14.8 Å². The van der Waals surface area contributed by atoms with Crippen LogP contribution in [0.1, 0.15) is 13.3 Å². The third kappa shape index (κ3) is 4.91. The summed E-state index contributed by atoms with van der Waals surface area (Å²) in [6.45, 7) is 5.94. The molecule has 0 bridgehead atoms. The summed E-state index contributed by atoms with van der Waals surface area (Å²) < 4.78 is 15.7. The number of anilines is 1. The zero-order chi connectivity index (χ0) is 16.5. The minimum atomic E-state index is -0.362. The molecule has 0 radical (unpaired) electrons. The van der Waals surface area contributed by atoms with Gasteiger partial charge in [-0.3, -0.25) is 4.99 Å². The molecule has 0 spiro atoms. The summed E-state index contributed by atoms with van der Waals surface area (Å²) in [7, 11) is 1.87. The molecule has 0 amide bonds. The van der Waals surface area contributed by atoms with Gasteiger partial charge in [0, 0.05) is 43.4 Å². The van der Waals surface area contributed by atoms with E-state index >= 15 is 0 Å². The number of benzene rings is 1. The van der Waals surface area contributed by atoms with Gasteiger partial charge in [-0.15, -0.1) is 0 Å². The van der Waals surface area contributed by atoms with E-state index in [1.807, 2.05) is 49.8 Å². The van der Waals surface area contributed by atoms with Gasteiger partial charge in [0.2, 0.25) is 6.29 Å². The first kappa shape index (κ1) is 17.2. The van der Waals surface area contributed by atoms with Crippen LogP contribution in [0.2, 0.25) is 0 Å². The van der Waals surface area contributed by atoms with Crippen molar-refractivity contribution < 1.29 is 9.47 Å². The summed E-state index contributed by atoms with van der Waals surface area (Å²) in [6, 6.07) is 6.01. The van der Waals surface area contributed by atoms with Crippen LogP contribution in [0.5, 0.6) is 5.75 Å². The lowest BCUT2D eigenvalue weighted by atomic mass is 10.1. The largest absolute Gasteiger partial charge is 0.462 e. The number of hydrogen-bond acceptors (Lipinski definition) is 6. The summed E-state index contributed by atoms with van der Waals surface area (Å²) in [5.74, 6) is 0.748. The molecule has 1 N–H and O–H groups in total. The van der Waals surface area contributed by atoms with Crippen LogP contribution >= 0.6 is 11.5 Å². The zero-order valence-corrected chi connectivity index (χ0v) is 14.2. The quantitative estimate of drug-likeness (QED) is 0.553. The van der Waals surface area contributed by atoms with E-state index in [1.54, 1.807) is 6.20 Å². The Bertz CT molecular complexity index is 641. The van der Waals surface area contributed by atoms with Gasteiger partial charge in [0.05, 0.1) is 5.69 Å². The van der Waals surface area contributed by atoms with Gasteiger partial charge in [-0.05, 0) is 42.9 Å². The van der Waals surface area contributed by atoms with Crippen LogP contribution in [0.15, 0.2) is 47.0 Å². The lowest BCUT2D eigenvalue weighted by Gasteiger charge is -2.20. The molecule has 0 aliphatic carbocycles. The summed E-state index contributed by atoms with van der Waals surface area (Å²) in [4.78, 5) is 3.69. The number of nitrogens with one attached hydrogen (secondary N) is 1. The lowest BCUT2D eigenvalue weighted by Crippen LogP contribution is -2.20. The van der Waals surface area contributed by atoms with Crippen LogP contribution in [0.25, 0.3) is 11.1 Å². The van der Waals surface area contributed by atoms with E-state index in [9.17, 15) is 0 Å². The maximum absolute atomic E-state index is 5.98. The van der Waals surface area contributed by atoms with Crippen LogP contribution in [0.3, 0.4) is 0 Å². The minimum absolute atomic E-state index is 0.362. The first-order valence-electron chi connectivity index (χ1n) is 7.39. The van der Waals surface area contributed by atoms with Crippen molar-refractivity contribution >= 4 is 23.9 Å². The fraction of sp³-hybridized carbons (Fsp3) is 0.294. The highest BCUT2D eigenvalue weighted by atomic mass is 32.1. The molecule has 0 saturated carbocycles. The first-order valence-corrected chi connectivity index (χ1v) is 8.22. The van der Waals surface area contributed by atoms with Gasteiger partial charge in [-0.1, -0.05) is 12.1 Å². The standard InChI is InChI=1S/C17H21N3O2S/c1-4-21-17(6-5-9-18-2)22-16-8-7-13(10-15(16)19-3)14-11-20-23-12-14/h5,7-12,17,19H,2,4,6H2,1,3H3/b9-5-. The van der Waals surface area contributed by atoms with Crippen LogP contribution in [-0.2, 0) is 4.74 Å².